The largest absolute Gasteiger partial charge is 0.393 e. The van der Waals surface area contributed by atoms with Crippen LogP contribution in [0, 0.1) is 11.8 Å². The Morgan fingerprint density at radius 3 is 2.33 bits per heavy atom. The highest BCUT2D eigenvalue weighted by molar-refractivity contribution is 7.91. The maximum Gasteiger partial charge on any atom is 0.232 e. The second-order valence-corrected chi connectivity index (χ2v) is 7.83. The van der Waals surface area contributed by atoms with E-state index in [1.807, 2.05) is 13.8 Å². The van der Waals surface area contributed by atoms with Crippen molar-refractivity contribution in [1.29, 1.82) is 0 Å². The number of thiocarbonyl (C=S) groups is 1. The molecule has 2 N–H and O–H groups in total. The summed E-state index contributed by atoms with van der Waals surface area (Å²) >= 11 is 4.92. The maximum atomic E-state index is 12.3. The third-order valence-corrected chi connectivity index (χ3v) is 5.35. The Kier molecular flexibility index (Phi) is 4.72. The highest BCUT2D eigenvalue weighted by Gasteiger charge is 2.36. The van der Waals surface area contributed by atoms with Crippen LogP contribution in [-0.2, 0) is 14.6 Å². The third kappa shape index (κ3) is 3.41. The molecule has 1 heterocycles. The lowest BCUT2D eigenvalue weighted by atomic mass is 9.94. The zero-order valence-electron chi connectivity index (χ0n) is 10.9. The van der Waals surface area contributed by atoms with Gasteiger partial charge in [-0.05, 0) is 12.3 Å². The van der Waals surface area contributed by atoms with Crippen LogP contribution in [-0.4, -0.2) is 48.8 Å². The van der Waals surface area contributed by atoms with Crippen LogP contribution in [0.1, 0.15) is 20.3 Å². The van der Waals surface area contributed by atoms with Gasteiger partial charge >= 0.3 is 0 Å². The zero-order valence-corrected chi connectivity index (χ0v) is 12.6. The molecule has 1 amide bonds. The van der Waals surface area contributed by atoms with E-state index in [4.69, 9.17) is 18.0 Å². The molecule has 1 aliphatic rings. The van der Waals surface area contributed by atoms with E-state index in [1.165, 1.54) is 4.90 Å². The first-order valence-corrected chi connectivity index (χ1v) is 8.15. The average Bonchev–Trinajstić information content (AvgIpc) is 2.56. The van der Waals surface area contributed by atoms with Crippen molar-refractivity contribution in [3.05, 3.63) is 0 Å². The Morgan fingerprint density at radius 1 is 1.44 bits per heavy atom. The normalized spacial score (nSPS) is 23.9. The van der Waals surface area contributed by atoms with Crippen molar-refractivity contribution in [2.24, 2.45) is 17.6 Å². The number of carbonyl (C=O) groups is 1. The van der Waals surface area contributed by atoms with Gasteiger partial charge in [-0.2, -0.15) is 0 Å². The second kappa shape index (κ2) is 5.52. The summed E-state index contributed by atoms with van der Waals surface area (Å²) in [7, 11) is -1.37. The van der Waals surface area contributed by atoms with E-state index in [-0.39, 0.29) is 34.4 Å². The van der Waals surface area contributed by atoms with Crippen LogP contribution in [0.15, 0.2) is 0 Å². The number of sulfone groups is 1. The molecule has 1 aliphatic heterocycles. The summed E-state index contributed by atoms with van der Waals surface area (Å²) in [4.78, 5) is 14.0. The van der Waals surface area contributed by atoms with Gasteiger partial charge in [-0.3, -0.25) is 4.79 Å². The first-order chi connectivity index (χ1) is 8.15. The van der Waals surface area contributed by atoms with Crippen LogP contribution < -0.4 is 5.73 Å². The van der Waals surface area contributed by atoms with Crippen molar-refractivity contribution in [1.82, 2.24) is 4.90 Å². The monoisotopic (exact) mass is 292 g/mol. The van der Waals surface area contributed by atoms with Crippen LogP contribution in [0.3, 0.4) is 0 Å². The molecule has 0 aromatic heterocycles. The molecule has 1 saturated heterocycles. The minimum absolute atomic E-state index is 0.00969. The van der Waals surface area contributed by atoms with E-state index in [1.54, 1.807) is 7.05 Å². The van der Waals surface area contributed by atoms with Crippen molar-refractivity contribution in [2.75, 3.05) is 18.6 Å². The average molecular weight is 292 g/mol. The molecule has 0 spiro atoms. The van der Waals surface area contributed by atoms with Gasteiger partial charge in [0.2, 0.25) is 5.91 Å². The highest BCUT2D eigenvalue weighted by Crippen LogP contribution is 2.21. The number of nitrogens with two attached hydrogens (primary N) is 1. The van der Waals surface area contributed by atoms with E-state index in [2.05, 4.69) is 0 Å². The summed E-state index contributed by atoms with van der Waals surface area (Å²) < 4.78 is 22.8. The molecule has 0 radical (unpaired) electrons. The Bertz CT molecular complexity index is 445. The smallest absolute Gasteiger partial charge is 0.232 e. The van der Waals surface area contributed by atoms with Crippen molar-refractivity contribution in [2.45, 2.75) is 26.3 Å². The molecular formula is C11H20N2O3S2. The van der Waals surface area contributed by atoms with Gasteiger partial charge in [-0.1, -0.05) is 26.1 Å². The lowest BCUT2D eigenvalue weighted by molar-refractivity contribution is -0.134. The third-order valence-electron chi connectivity index (χ3n) is 3.34. The van der Waals surface area contributed by atoms with E-state index in [0.717, 1.165) is 0 Å². The van der Waals surface area contributed by atoms with Crippen molar-refractivity contribution in [3.8, 4) is 0 Å². The van der Waals surface area contributed by atoms with E-state index in [9.17, 15) is 13.2 Å². The SMILES string of the molecule is CC(C)C(C(=O)N(C)C1CCS(=O)(=O)C1)C(N)=S. The van der Waals surface area contributed by atoms with Gasteiger partial charge in [0.1, 0.15) is 0 Å². The minimum Gasteiger partial charge on any atom is -0.393 e. The molecule has 7 heteroatoms. The molecule has 0 aromatic carbocycles. The summed E-state index contributed by atoms with van der Waals surface area (Å²) in [5.74, 6) is -0.505. The topological polar surface area (TPSA) is 80.5 Å². The summed E-state index contributed by atoms with van der Waals surface area (Å²) in [5, 5.41) is 0. The molecule has 18 heavy (non-hydrogen) atoms. The summed E-state index contributed by atoms with van der Waals surface area (Å²) in [6.07, 6.45) is 0.493. The molecule has 104 valence electrons. The number of hydrogen-bond acceptors (Lipinski definition) is 4. The fourth-order valence-electron chi connectivity index (χ4n) is 2.22. The van der Waals surface area contributed by atoms with Gasteiger partial charge < -0.3 is 10.6 Å². The van der Waals surface area contributed by atoms with E-state index < -0.39 is 15.8 Å². The lowest BCUT2D eigenvalue weighted by Gasteiger charge is -2.29. The first kappa shape index (κ1) is 15.4. The first-order valence-electron chi connectivity index (χ1n) is 5.92. The Labute approximate surface area is 114 Å². The summed E-state index contributed by atoms with van der Waals surface area (Å²) in [6, 6.07) is -0.252. The van der Waals surface area contributed by atoms with Gasteiger partial charge in [0, 0.05) is 13.1 Å². The molecule has 1 rings (SSSR count). The number of rotatable bonds is 4. The van der Waals surface area contributed by atoms with Gasteiger partial charge in [0.05, 0.1) is 22.4 Å². The van der Waals surface area contributed by atoms with Crippen LogP contribution in [0.4, 0.5) is 0 Å². The van der Waals surface area contributed by atoms with Gasteiger partial charge in [0.15, 0.2) is 9.84 Å². The Balaban J connectivity index is 2.81. The standard InChI is InChI=1S/C11H20N2O3S2/c1-7(2)9(10(12)17)11(14)13(3)8-4-5-18(15,16)6-8/h7-9H,4-6H2,1-3H3,(H2,12,17). The van der Waals surface area contributed by atoms with Crippen LogP contribution in [0.25, 0.3) is 0 Å². The van der Waals surface area contributed by atoms with Crippen LogP contribution in [0.2, 0.25) is 0 Å². The predicted molar refractivity (Wildman–Crippen MR) is 74.9 cm³/mol. The number of carbonyl (C=O) groups excluding carboxylic acids is 1. The quantitative estimate of drug-likeness (QED) is 0.748. The van der Waals surface area contributed by atoms with Gasteiger partial charge in [-0.15, -0.1) is 0 Å². The molecule has 1 fully saturated rings. The maximum absolute atomic E-state index is 12.3. The van der Waals surface area contributed by atoms with Crippen molar-refractivity contribution in [3.63, 3.8) is 0 Å². The molecule has 0 bridgehead atoms. The highest BCUT2D eigenvalue weighted by atomic mass is 32.2. The fourth-order valence-corrected chi connectivity index (χ4v) is 4.36. The molecule has 0 saturated carbocycles. The number of hydrogen-bond donors (Lipinski definition) is 1. The van der Waals surface area contributed by atoms with Crippen LogP contribution >= 0.6 is 12.2 Å². The predicted octanol–water partition coefficient (Wildman–Crippen LogP) is 0.190. The molecule has 2 atom stereocenters. The van der Waals surface area contributed by atoms with Gasteiger partial charge in [-0.25, -0.2) is 8.42 Å². The molecule has 0 aromatic rings. The summed E-state index contributed by atoms with van der Waals surface area (Å²) in [5.41, 5.74) is 5.59. The molecule has 5 nitrogen and oxygen atoms in total. The Morgan fingerprint density at radius 2 is 2.00 bits per heavy atom. The van der Waals surface area contributed by atoms with E-state index >= 15 is 0 Å². The van der Waals surface area contributed by atoms with Crippen LogP contribution in [0.5, 0.6) is 0 Å². The Hall–Kier alpha value is -0.690. The summed E-state index contributed by atoms with van der Waals surface area (Å²) in [6.45, 7) is 3.75. The molecular weight excluding hydrogens is 272 g/mol. The lowest BCUT2D eigenvalue weighted by Crippen LogP contribution is -2.46. The fraction of sp³-hybridized carbons (Fsp3) is 0.818. The molecule has 0 aliphatic carbocycles. The number of amides is 1. The van der Waals surface area contributed by atoms with Crippen molar-refractivity contribution >= 4 is 33.0 Å². The zero-order chi connectivity index (χ0) is 14.1. The number of nitrogens with zero attached hydrogens (tertiary/aromatic N) is 1. The minimum atomic E-state index is -3.00. The van der Waals surface area contributed by atoms with Gasteiger partial charge in [0.25, 0.3) is 0 Å². The van der Waals surface area contributed by atoms with Crippen molar-refractivity contribution < 1.29 is 13.2 Å². The second-order valence-electron chi connectivity index (χ2n) is 5.13. The van der Waals surface area contributed by atoms with E-state index in [0.29, 0.717) is 6.42 Å². The molecule has 2 unspecified atom stereocenters.